The van der Waals surface area contributed by atoms with Gasteiger partial charge in [-0.3, -0.25) is 10.1 Å². The highest BCUT2D eigenvalue weighted by Gasteiger charge is 2.25. The lowest BCUT2D eigenvalue weighted by molar-refractivity contribution is -0.385. The van der Waals surface area contributed by atoms with Gasteiger partial charge in [0.2, 0.25) is 0 Å². The highest BCUT2D eigenvalue weighted by Crippen LogP contribution is 2.38. The van der Waals surface area contributed by atoms with Gasteiger partial charge in [-0.2, -0.15) is 0 Å². The number of aryl methyl sites for hydroxylation is 2. The number of nitro groups is 1. The zero-order valence-electron chi connectivity index (χ0n) is 15.7. The predicted octanol–water partition coefficient (Wildman–Crippen LogP) is 4.83. The van der Waals surface area contributed by atoms with E-state index < -0.39 is 4.92 Å². The molecule has 1 heterocycles. The molecule has 0 aliphatic heterocycles. The minimum atomic E-state index is -0.428. The van der Waals surface area contributed by atoms with Gasteiger partial charge in [0.1, 0.15) is 5.00 Å². The molecule has 0 spiro atoms. The van der Waals surface area contributed by atoms with Crippen molar-refractivity contribution < 1.29 is 14.5 Å². The Bertz CT molecular complexity index is 940. The first kappa shape index (κ1) is 20.2. The molecule has 0 bridgehead atoms. The number of thiophene rings is 1. The number of hydrogen-bond donors (Lipinski definition) is 2. The number of fused-ring (bicyclic) bond motifs is 1. The highest BCUT2D eigenvalue weighted by molar-refractivity contribution is 7.80. The summed E-state index contributed by atoms with van der Waals surface area (Å²) >= 11 is 6.89. The maximum Gasteiger partial charge on any atom is 0.341 e. The maximum absolute atomic E-state index is 12.4. The average Bonchev–Trinajstić information content (AvgIpc) is 2.83. The number of hydrogen-bond acceptors (Lipinski definition) is 6. The molecule has 0 amide bonds. The van der Waals surface area contributed by atoms with E-state index in [0.29, 0.717) is 21.8 Å². The molecule has 0 fully saturated rings. The fraction of sp³-hybridized carbons (Fsp3) is 0.368. The summed E-state index contributed by atoms with van der Waals surface area (Å²) in [5, 5.41) is 18.1. The Morgan fingerprint density at radius 1 is 1.25 bits per heavy atom. The van der Waals surface area contributed by atoms with Gasteiger partial charge in [-0.1, -0.05) is 12.5 Å². The summed E-state index contributed by atoms with van der Waals surface area (Å²) in [7, 11) is 1.37. The Hall–Kier alpha value is -2.52. The molecule has 0 unspecified atom stereocenters. The van der Waals surface area contributed by atoms with E-state index in [0.717, 1.165) is 37.7 Å². The quantitative estimate of drug-likeness (QED) is 0.241. The van der Waals surface area contributed by atoms with Gasteiger partial charge >= 0.3 is 5.97 Å². The van der Waals surface area contributed by atoms with Crippen molar-refractivity contribution in [2.24, 2.45) is 0 Å². The number of nitrogens with zero attached hydrogens (tertiary/aromatic N) is 1. The first-order valence-electron chi connectivity index (χ1n) is 8.96. The molecule has 0 saturated carbocycles. The number of esters is 1. The van der Waals surface area contributed by atoms with Crippen LogP contribution in [0.25, 0.3) is 0 Å². The van der Waals surface area contributed by atoms with Crippen LogP contribution in [0.5, 0.6) is 0 Å². The number of carbonyl (C=O) groups excluding carboxylic acids is 1. The number of rotatable bonds is 4. The molecule has 7 nitrogen and oxygen atoms in total. The third-order valence-corrected chi connectivity index (χ3v) is 6.11. The van der Waals surface area contributed by atoms with Crippen molar-refractivity contribution in [2.75, 3.05) is 17.7 Å². The monoisotopic (exact) mass is 419 g/mol. The molecule has 0 radical (unpaired) electrons. The van der Waals surface area contributed by atoms with E-state index in [-0.39, 0.29) is 16.8 Å². The molecule has 2 N–H and O–H groups in total. The van der Waals surface area contributed by atoms with Crippen molar-refractivity contribution in [3.63, 3.8) is 0 Å². The van der Waals surface area contributed by atoms with Crippen LogP contribution in [0.2, 0.25) is 0 Å². The molecule has 1 aliphatic rings. The molecular weight excluding hydrogens is 398 g/mol. The van der Waals surface area contributed by atoms with Gasteiger partial charge in [-0.25, -0.2) is 4.79 Å². The molecule has 0 atom stereocenters. The van der Waals surface area contributed by atoms with Crippen molar-refractivity contribution in [1.29, 1.82) is 0 Å². The summed E-state index contributed by atoms with van der Waals surface area (Å²) in [6, 6.07) is 4.82. The Labute approximate surface area is 172 Å². The fourth-order valence-corrected chi connectivity index (χ4v) is 4.86. The lowest BCUT2D eigenvalue weighted by Gasteiger charge is -2.11. The van der Waals surface area contributed by atoms with E-state index in [9.17, 15) is 14.9 Å². The maximum atomic E-state index is 12.4. The lowest BCUT2D eigenvalue weighted by Crippen LogP contribution is -2.20. The molecular formula is C19H21N3O4S2. The van der Waals surface area contributed by atoms with Crippen LogP contribution in [0.4, 0.5) is 16.4 Å². The zero-order chi connectivity index (χ0) is 20.3. The summed E-state index contributed by atoms with van der Waals surface area (Å²) in [6.07, 6.45) is 5.08. The Balaban J connectivity index is 1.83. The fourth-order valence-electron chi connectivity index (χ4n) is 3.30. The number of ether oxygens (including phenoxy) is 1. The number of benzene rings is 1. The van der Waals surface area contributed by atoms with Crippen LogP contribution in [0, 0.1) is 17.0 Å². The summed E-state index contributed by atoms with van der Waals surface area (Å²) in [6.45, 7) is 1.68. The molecule has 1 aromatic heterocycles. The van der Waals surface area contributed by atoms with Gasteiger partial charge in [-0.15, -0.1) is 11.3 Å². The molecule has 9 heteroatoms. The minimum absolute atomic E-state index is 0.0193. The molecule has 148 valence electrons. The minimum Gasteiger partial charge on any atom is -0.465 e. The molecule has 0 saturated heterocycles. The number of carbonyl (C=O) groups is 1. The molecule has 1 aromatic carbocycles. The molecule has 28 heavy (non-hydrogen) atoms. The molecule has 2 aromatic rings. The summed E-state index contributed by atoms with van der Waals surface area (Å²) in [4.78, 5) is 24.3. The van der Waals surface area contributed by atoms with E-state index >= 15 is 0 Å². The van der Waals surface area contributed by atoms with Gasteiger partial charge in [0, 0.05) is 22.2 Å². The first-order valence-corrected chi connectivity index (χ1v) is 10.2. The van der Waals surface area contributed by atoms with E-state index in [4.69, 9.17) is 17.0 Å². The van der Waals surface area contributed by atoms with Crippen LogP contribution in [-0.2, 0) is 17.6 Å². The van der Waals surface area contributed by atoms with Crippen LogP contribution in [0.3, 0.4) is 0 Å². The number of nitro benzene ring substituents is 1. The third kappa shape index (κ3) is 4.31. The largest absolute Gasteiger partial charge is 0.465 e. The second-order valence-electron chi connectivity index (χ2n) is 6.60. The van der Waals surface area contributed by atoms with Gasteiger partial charge in [0.05, 0.1) is 17.6 Å². The van der Waals surface area contributed by atoms with Crippen LogP contribution >= 0.6 is 23.6 Å². The Kier molecular flexibility index (Phi) is 6.25. The van der Waals surface area contributed by atoms with Crippen molar-refractivity contribution in [3.05, 3.63) is 49.9 Å². The smallest absolute Gasteiger partial charge is 0.341 e. The van der Waals surface area contributed by atoms with Gasteiger partial charge in [0.15, 0.2) is 5.11 Å². The van der Waals surface area contributed by atoms with E-state index in [1.807, 2.05) is 0 Å². The van der Waals surface area contributed by atoms with Crippen LogP contribution in [0.1, 0.15) is 45.6 Å². The van der Waals surface area contributed by atoms with Gasteiger partial charge in [-0.05, 0) is 56.5 Å². The second kappa shape index (κ2) is 8.66. The van der Waals surface area contributed by atoms with Crippen LogP contribution in [-0.4, -0.2) is 23.1 Å². The average molecular weight is 420 g/mol. The molecule has 3 rings (SSSR count). The zero-order valence-corrected chi connectivity index (χ0v) is 17.3. The second-order valence-corrected chi connectivity index (χ2v) is 8.11. The van der Waals surface area contributed by atoms with E-state index in [1.54, 1.807) is 19.1 Å². The van der Waals surface area contributed by atoms with Crippen LogP contribution in [0.15, 0.2) is 18.2 Å². The summed E-state index contributed by atoms with van der Waals surface area (Å²) in [5.74, 6) is -0.379. The van der Waals surface area contributed by atoms with Gasteiger partial charge in [0.25, 0.3) is 5.69 Å². The van der Waals surface area contributed by atoms with Crippen molar-refractivity contribution in [2.45, 2.75) is 39.0 Å². The predicted molar refractivity (Wildman–Crippen MR) is 115 cm³/mol. The van der Waals surface area contributed by atoms with Crippen molar-refractivity contribution in [1.82, 2.24) is 0 Å². The summed E-state index contributed by atoms with van der Waals surface area (Å²) in [5.41, 5.74) is 2.69. The number of anilines is 2. The number of methoxy groups -OCH3 is 1. The topological polar surface area (TPSA) is 93.5 Å². The van der Waals surface area contributed by atoms with Gasteiger partial charge < -0.3 is 15.4 Å². The third-order valence-electron chi connectivity index (χ3n) is 4.70. The molecule has 1 aliphatic carbocycles. The van der Waals surface area contributed by atoms with Crippen molar-refractivity contribution in [3.8, 4) is 0 Å². The normalized spacial score (nSPS) is 13.2. The Morgan fingerprint density at radius 2 is 2.00 bits per heavy atom. The number of nitrogens with one attached hydrogen (secondary N) is 2. The van der Waals surface area contributed by atoms with E-state index in [1.165, 1.54) is 29.4 Å². The number of thiocarbonyl (C=S) groups is 1. The van der Waals surface area contributed by atoms with E-state index in [2.05, 4.69) is 10.6 Å². The summed E-state index contributed by atoms with van der Waals surface area (Å²) < 4.78 is 4.99. The SMILES string of the molecule is COC(=O)c1c(NC(=S)Nc2ccc(C)c([N+](=O)[O-])c2)sc2c1CCCCC2. The highest BCUT2D eigenvalue weighted by atomic mass is 32.1. The van der Waals surface area contributed by atoms with Crippen LogP contribution < -0.4 is 10.6 Å². The lowest BCUT2D eigenvalue weighted by atomic mass is 10.1. The standard InChI is InChI=1S/C19H21N3O4S2/c1-11-8-9-12(10-14(11)22(24)25)20-19(27)21-17-16(18(23)26-2)13-6-4-3-5-7-15(13)28-17/h8-10H,3-7H2,1-2H3,(H2,20,21,27). The van der Waals surface area contributed by atoms with Crippen molar-refractivity contribution >= 4 is 51.0 Å². The first-order chi connectivity index (χ1) is 13.4. The Morgan fingerprint density at radius 3 is 2.71 bits per heavy atom.